The lowest BCUT2D eigenvalue weighted by Crippen LogP contribution is -2.21. The van der Waals surface area contributed by atoms with Crippen LogP contribution in [0.25, 0.3) is 0 Å². The molecule has 0 unspecified atom stereocenters. The smallest absolute Gasteiger partial charge is 0.315 e. The van der Waals surface area contributed by atoms with Crippen LogP contribution in [-0.2, 0) is 9.47 Å². The quantitative estimate of drug-likeness (QED) is 0.327. The van der Waals surface area contributed by atoms with Crippen LogP contribution >= 0.6 is 15.9 Å². The molecule has 0 amide bonds. The van der Waals surface area contributed by atoms with Crippen molar-refractivity contribution < 1.29 is 9.47 Å². The molecular formula is C16H26BrN3O2Si. The van der Waals surface area contributed by atoms with Gasteiger partial charge in [0.2, 0.25) is 0 Å². The fourth-order valence-corrected chi connectivity index (χ4v) is 2.60. The Morgan fingerprint density at radius 1 is 1.22 bits per heavy atom. The van der Waals surface area contributed by atoms with Crippen LogP contribution in [0, 0.1) is 0 Å². The Morgan fingerprint density at radius 3 is 2.43 bits per heavy atom. The van der Waals surface area contributed by atoms with Crippen molar-refractivity contribution in [3.05, 3.63) is 34.3 Å². The summed E-state index contributed by atoms with van der Waals surface area (Å²) in [5.74, 6) is 0.367. The van der Waals surface area contributed by atoms with Crippen LogP contribution in [0.1, 0.15) is 12.5 Å². The van der Waals surface area contributed by atoms with Crippen LogP contribution in [0.3, 0.4) is 0 Å². The summed E-state index contributed by atoms with van der Waals surface area (Å²) < 4.78 is 11.9. The summed E-state index contributed by atoms with van der Waals surface area (Å²) >= 11 is 3.39. The van der Waals surface area contributed by atoms with E-state index in [-0.39, 0.29) is 12.8 Å². The number of ether oxygens (including phenoxy) is 2. The van der Waals surface area contributed by atoms with E-state index in [1.807, 2.05) is 31.2 Å². The zero-order chi connectivity index (χ0) is 17.3. The van der Waals surface area contributed by atoms with Gasteiger partial charge in [0.1, 0.15) is 12.6 Å². The van der Waals surface area contributed by atoms with Crippen molar-refractivity contribution in [1.82, 2.24) is 0 Å². The predicted octanol–water partition coefficient (Wildman–Crippen LogP) is 3.86. The van der Waals surface area contributed by atoms with E-state index in [1.54, 1.807) is 0 Å². The van der Waals surface area contributed by atoms with E-state index in [1.165, 1.54) is 0 Å². The number of nitrogens with two attached hydrogens (primary N) is 1. The lowest BCUT2D eigenvalue weighted by atomic mass is 10.2. The highest BCUT2D eigenvalue weighted by Crippen LogP contribution is 2.10. The van der Waals surface area contributed by atoms with Gasteiger partial charge in [-0.1, -0.05) is 47.7 Å². The average molecular weight is 400 g/mol. The van der Waals surface area contributed by atoms with Gasteiger partial charge in [0.25, 0.3) is 0 Å². The summed E-state index contributed by atoms with van der Waals surface area (Å²) in [5.41, 5.74) is 6.82. The van der Waals surface area contributed by atoms with Gasteiger partial charge in [0.15, 0.2) is 0 Å². The maximum absolute atomic E-state index is 6.00. The van der Waals surface area contributed by atoms with Crippen molar-refractivity contribution in [1.29, 1.82) is 0 Å². The topological polar surface area (TPSA) is 69.2 Å². The van der Waals surface area contributed by atoms with Gasteiger partial charge in [-0.25, -0.2) is 4.99 Å². The molecule has 23 heavy (non-hydrogen) atoms. The van der Waals surface area contributed by atoms with Gasteiger partial charge < -0.3 is 15.2 Å². The summed E-state index contributed by atoms with van der Waals surface area (Å²) in [6.07, 6.45) is 0. The van der Waals surface area contributed by atoms with E-state index < -0.39 is 8.07 Å². The molecule has 1 aromatic rings. The molecule has 7 heteroatoms. The highest BCUT2D eigenvalue weighted by atomic mass is 79.9. The van der Waals surface area contributed by atoms with Crippen LogP contribution in [0.15, 0.2) is 38.7 Å². The number of hydrogen-bond donors (Lipinski definition) is 1. The minimum absolute atomic E-state index is 0.233. The van der Waals surface area contributed by atoms with Crippen molar-refractivity contribution in [3.63, 3.8) is 0 Å². The number of nitrogens with zero attached hydrogens (tertiary/aromatic N) is 2. The summed E-state index contributed by atoms with van der Waals surface area (Å²) in [6, 6.07) is 8.95. The molecule has 2 N–H and O–H groups in total. The van der Waals surface area contributed by atoms with Crippen LogP contribution < -0.4 is 5.73 Å². The second-order valence-corrected chi connectivity index (χ2v) is 12.8. The third-order valence-corrected chi connectivity index (χ3v) is 5.15. The molecule has 0 aliphatic heterocycles. The van der Waals surface area contributed by atoms with E-state index in [0.717, 1.165) is 16.1 Å². The highest BCUT2D eigenvalue weighted by molar-refractivity contribution is 9.10. The molecule has 0 bridgehead atoms. The molecule has 0 aliphatic rings. The number of hydrogen-bond acceptors (Lipinski definition) is 3. The van der Waals surface area contributed by atoms with Gasteiger partial charge in [-0.3, -0.25) is 0 Å². The number of aliphatic imine (C=N–C) groups is 2. The molecular weight excluding hydrogens is 374 g/mol. The molecule has 0 atom stereocenters. The second-order valence-electron chi connectivity index (χ2n) is 6.23. The molecule has 0 saturated carbocycles. The Labute approximate surface area is 148 Å². The number of benzene rings is 1. The molecule has 1 rings (SSSR count). The number of halogens is 1. The van der Waals surface area contributed by atoms with E-state index in [0.29, 0.717) is 19.0 Å². The normalized spacial score (nSPS) is 13.3. The lowest BCUT2D eigenvalue weighted by molar-refractivity contribution is 0.152. The minimum atomic E-state index is -1.08. The van der Waals surface area contributed by atoms with E-state index in [4.69, 9.17) is 15.2 Å². The van der Waals surface area contributed by atoms with Crippen molar-refractivity contribution >= 4 is 35.9 Å². The van der Waals surface area contributed by atoms with Crippen molar-refractivity contribution in [2.45, 2.75) is 32.6 Å². The standard InChI is InChI=1S/C16H26BrN3O2Si/c1-5-22-16(19-12-21-10-11-23(2,3)4)20-15(18)13-6-8-14(17)9-7-13/h6-9H,5,10-12H2,1-4H3,(H2,18,19,20). The zero-order valence-electron chi connectivity index (χ0n) is 14.3. The highest BCUT2D eigenvalue weighted by Gasteiger charge is 2.11. The maximum Gasteiger partial charge on any atom is 0.315 e. The van der Waals surface area contributed by atoms with E-state index in [2.05, 4.69) is 45.6 Å². The molecule has 0 saturated heterocycles. The molecule has 0 radical (unpaired) electrons. The second kappa shape index (κ2) is 9.84. The Balaban J connectivity index is 2.64. The summed E-state index contributed by atoms with van der Waals surface area (Å²) in [5, 5.41) is 0. The Hall–Kier alpha value is -1.18. The van der Waals surface area contributed by atoms with E-state index in [9.17, 15) is 0 Å². The third-order valence-electron chi connectivity index (χ3n) is 2.92. The summed E-state index contributed by atoms with van der Waals surface area (Å²) in [4.78, 5) is 8.48. The van der Waals surface area contributed by atoms with Gasteiger partial charge in [-0.15, -0.1) is 0 Å². The molecule has 0 fully saturated rings. The molecule has 5 nitrogen and oxygen atoms in total. The largest absolute Gasteiger partial charge is 0.464 e. The molecule has 0 heterocycles. The van der Waals surface area contributed by atoms with Crippen molar-refractivity contribution in [2.75, 3.05) is 19.9 Å². The zero-order valence-corrected chi connectivity index (χ0v) is 16.9. The lowest BCUT2D eigenvalue weighted by Gasteiger charge is -2.14. The molecule has 1 aromatic carbocycles. The maximum atomic E-state index is 6.00. The first-order valence-electron chi connectivity index (χ1n) is 7.67. The summed E-state index contributed by atoms with van der Waals surface area (Å²) in [6.45, 7) is 10.2. The Kier molecular flexibility index (Phi) is 8.50. The third kappa shape index (κ3) is 8.88. The Morgan fingerprint density at radius 2 is 1.87 bits per heavy atom. The Bertz CT molecular complexity index is 539. The van der Waals surface area contributed by atoms with Crippen LogP contribution in [0.4, 0.5) is 0 Å². The molecule has 128 valence electrons. The predicted molar refractivity (Wildman–Crippen MR) is 103 cm³/mol. The number of amidine groups is 2. The summed E-state index contributed by atoms with van der Waals surface area (Å²) in [7, 11) is -1.08. The van der Waals surface area contributed by atoms with Crippen LogP contribution in [0.2, 0.25) is 25.7 Å². The van der Waals surface area contributed by atoms with Crippen molar-refractivity contribution in [3.8, 4) is 0 Å². The van der Waals surface area contributed by atoms with Crippen LogP contribution in [-0.4, -0.2) is 39.9 Å². The fourth-order valence-electron chi connectivity index (χ4n) is 1.57. The number of rotatable bonds is 7. The van der Waals surface area contributed by atoms with Gasteiger partial charge in [0, 0.05) is 24.7 Å². The first-order chi connectivity index (χ1) is 10.8. The van der Waals surface area contributed by atoms with Gasteiger partial charge >= 0.3 is 6.02 Å². The van der Waals surface area contributed by atoms with Gasteiger partial charge in [0.05, 0.1) is 6.61 Å². The monoisotopic (exact) mass is 399 g/mol. The van der Waals surface area contributed by atoms with E-state index >= 15 is 0 Å². The molecule has 0 aliphatic carbocycles. The fraction of sp³-hybridized carbons (Fsp3) is 0.500. The minimum Gasteiger partial charge on any atom is -0.464 e. The van der Waals surface area contributed by atoms with Crippen molar-refractivity contribution in [2.24, 2.45) is 15.7 Å². The first-order valence-corrected chi connectivity index (χ1v) is 12.2. The SMILES string of the molecule is CCOC(=N\COCC[Si](C)(C)C)/N=C(\N)c1ccc(Br)cc1. The van der Waals surface area contributed by atoms with Crippen LogP contribution in [0.5, 0.6) is 0 Å². The van der Waals surface area contributed by atoms with Gasteiger partial charge in [-0.2, -0.15) is 4.99 Å². The molecule has 0 spiro atoms. The van der Waals surface area contributed by atoms with Gasteiger partial charge in [-0.05, 0) is 25.1 Å². The first kappa shape index (κ1) is 19.9. The molecule has 0 aromatic heterocycles. The average Bonchev–Trinajstić information content (AvgIpc) is 2.46.